The minimum atomic E-state index is -3.82. The second-order valence-corrected chi connectivity index (χ2v) is 6.68. The molecule has 7 nitrogen and oxygen atoms in total. The van der Waals surface area contributed by atoms with E-state index in [0.29, 0.717) is 16.0 Å². The fourth-order valence-electron chi connectivity index (χ4n) is 1.26. The molecular formula is C10H11N3O4S2. The molecule has 19 heavy (non-hydrogen) atoms. The normalized spacial score (nSPS) is 11.5. The van der Waals surface area contributed by atoms with Gasteiger partial charge in [0.15, 0.2) is 0 Å². The maximum absolute atomic E-state index is 11.4. The third kappa shape index (κ3) is 3.00. The van der Waals surface area contributed by atoms with Crippen LogP contribution in [0.1, 0.15) is 0 Å². The molecule has 1 amide bonds. The van der Waals surface area contributed by atoms with Gasteiger partial charge in [0.05, 0.1) is 10.2 Å². The van der Waals surface area contributed by atoms with Gasteiger partial charge in [-0.25, -0.2) is 23.3 Å². The molecule has 0 saturated heterocycles. The summed E-state index contributed by atoms with van der Waals surface area (Å²) in [5.41, 5.74) is 0.485. The number of aromatic nitrogens is 1. The van der Waals surface area contributed by atoms with E-state index in [9.17, 15) is 13.2 Å². The predicted octanol–water partition coefficient (Wildman–Crippen LogP) is 1.00. The van der Waals surface area contributed by atoms with Crippen LogP contribution in [0.2, 0.25) is 0 Å². The summed E-state index contributed by atoms with van der Waals surface area (Å²) in [5.74, 6) is 0.316. The van der Waals surface area contributed by atoms with Crippen LogP contribution in [0, 0.1) is 0 Å². The van der Waals surface area contributed by atoms with Crippen LogP contribution in [0.5, 0.6) is 5.75 Å². The van der Waals surface area contributed by atoms with Crippen molar-refractivity contribution in [2.45, 2.75) is 4.34 Å². The number of thiazole rings is 1. The Morgan fingerprint density at radius 1 is 1.42 bits per heavy atom. The third-order valence-corrected chi connectivity index (χ3v) is 4.49. The minimum Gasteiger partial charge on any atom is -0.410 e. The standard InChI is InChI=1S/C10H11N3O4S2/c1-13(2)10(14)17-6-3-4-7-8(5-6)18-9(12-7)19(11,15)16/h3-5H,1-2H3,(H2,11,15,16). The number of amides is 1. The maximum Gasteiger partial charge on any atom is 0.414 e. The Morgan fingerprint density at radius 2 is 2.11 bits per heavy atom. The Balaban J connectivity index is 2.38. The van der Waals surface area contributed by atoms with Crippen LogP contribution in [0.25, 0.3) is 10.2 Å². The van der Waals surface area contributed by atoms with E-state index < -0.39 is 16.1 Å². The van der Waals surface area contributed by atoms with E-state index in [2.05, 4.69) is 4.98 Å². The van der Waals surface area contributed by atoms with Gasteiger partial charge in [0.25, 0.3) is 10.0 Å². The first-order chi connectivity index (χ1) is 8.77. The van der Waals surface area contributed by atoms with Crippen LogP contribution in [0.15, 0.2) is 22.5 Å². The number of sulfonamides is 1. The molecule has 0 fully saturated rings. The number of ether oxygens (including phenoxy) is 1. The summed E-state index contributed by atoms with van der Waals surface area (Å²) in [6, 6.07) is 4.65. The van der Waals surface area contributed by atoms with Gasteiger partial charge in [0.1, 0.15) is 5.75 Å². The van der Waals surface area contributed by atoms with Crippen molar-refractivity contribution >= 4 is 37.7 Å². The molecule has 2 rings (SSSR count). The zero-order valence-corrected chi connectivity index (χ0v) is 11.8. The Labute approximate surface area is 113 Å². The fraction of sp³-hybridized carbons (Fsp3) is 0.200. The topological polar surface area (TPSA) is 103 Å². The molecule has 0 radical (unpaired) electrons. The third-order valence-electron chi connectivity index (χ3n) is 2.15. The molecule has 1 aromatic carbocycles. The molecule has 0 spiro atoms. The van der Waals surface area contributed by atoms with Crippen molar-refractivity contribution in [1.29, 1.82) is 0 Å². The average molecular weight is 301 g/mol. The molecule has 0 aliphatic rings. The summed E-state index contributed by atoms with van der Waals surface area (Å²) in [6.45, 7) is 0. The predicted molar refractivity (Wildman–Crippen MR) is 70.7 cm³/mol. The van der Waals surface area contributed by atoms with E-state index in [-0.39, 0.29) is 4.34 Å². The van der Waals surface area contributed by atoms with E-state index >= 15 is 0 Å². The number of nitrogens with two attached hydrogens (primary N) is 1. The summed E-state index contributed by atoms with van der Waals surface area (Å²) in [5, 5.41) is 5.01. The number of benzene rings is 1. The number of nitrogens with zero attached hydrogens (tertiary/aromatic N) is 2. The average Bonchev–Trinajstić information content (AvgIpc) is 2.71. The summed E-state index contributed by atoms with van der Waals surface area (Å²) in [7, 11) is -0.698. The highest BCUT2D eigenvalue weighted by molar-refractivity contribution is 7.91. The molecule has 0 aliphatic carbocycles. The second-order valence-electron chi connectivity index (χ2n) is 3.92. The van der Waals surface area contributed by atoms with Gasteiger partial charge >= 0.3 is 6.09 Å². The first-order valence-electron chi connectivity index (χ1n) is 5.10. The molecule has 9 heteroatoms. The van der Waals surface area contributed by atoms with Crippen molar-refractivity contribution in [3.8, 4) is 5.75 Å². The van der Waals surface area contributed by atoms with Crippen LogP contribution in [-0.4, -0.2) is 38.5 Å². The lowest BCUT2D eigenvalue weighted by Gasteiger charge is -2.10. The van der Waals surface area contributed by atoms with Gasteiger partial charge in [0.2, 0.25) is 4.34 Å². The van der Waals surface area contributed by atoms with Crippen LogP contribution in [0.4, 0.5) is 4.79 Å². The first kappa shape index (κ1) is 13.7. The highest BCUT2D eigenvalue weighted by Gasteiger charge is 2.15. The van der Waals surface area contributed by atoms with Gasteiger partial charge in [-0.15, -0.1) is 11.3 Å². The van der Waals surface area contributed by atoms with Crippen molar-refractivity contribution in [3.63, 3.8) is 0 Å². The van der Waals surface area contributed by atoms with Gasteiger partial charge in [0, 0.05) is 20.2 Å². The highest BCUT2D eigenvalue weighted by Crippen LogP contribution is 2.28. The first-order valence-corrected chi connectivity index (χ1v) is 7.46. The SMILES string of the molecule is CN(C)C(=O)Oc1ccc2nc(S(N)(=O)=O)sc2c1. The molecule has 0 atom stereocenters. The molecule has 1 heterocycles. The fourth-order valence-corrected chi connectivity index (χ4v) is 2.95. The van der Waals surface area contributed by atoms with Gasteiger partial charge in [-0.05, 0) is 12.1 Å². The van der Waals surface area contributed by atoms with Crippen LogP contribution in [-0.2, 0) is 10.0 Å². The zero-order valence-electron chi connectivity index (χ0n) is 10.2. The Morgan fingerprint density at radius 3 is 2.68 bits per heavy atom. The van der Waals surface area contributed by atoms with Crippen molar-refractivity contribution in [3.05, 3.63) is 18.2 Å². The molecule has 0 bridgehead atoms. The molecule has 1 aromatic heterocycles. The highest BCUT2D eigenvalue weighted by atomic mass is 32.2. The number of hydrogen-bond acceptors (Lipinski definition) is 6. The summed E-state index contributed by atoms with van der Waals surface area (Å²) in [4.78, 5) is 16.6. The van der Waals surface area contributed by atoms with Crippen molar-refractivity contribution in [2.75, 3.05) is 14.1 Å². The van der Waals surface area contributed by atoms with Crippen molar-refractivity contribution in [1.82, 2.24) is 9.88 Å². The van der Waals surface area contributed by atoms with Crippen molar-refractivity contribution < 1.29 is 17.9 Å². The van der Waals surface area contributed by atoms with Gasteiger partial charge in [-0.1, -0.05) is 0 Å². The lowest BCUT2D eigenvalue weighted by Crippen LogP contribution is -2.25. The van der Waals surface area contributed by atoms with Gasteiger partial charge in [-0.2, -0.15) is 0 Å². The number of primary sulfonamides is 1. The van der Waals surface area contributed by atoms with Crippen LogP contribution in [0.3, 0.4) is 0 Å². The molecular weight excluding hydrogens is 290 g/mol. The second kappa shape index (κ2) is 4.76. The van der Waals surface area contributed by atoms with E-state index in [1.54, 1.807) is 26.2 Å². The Hall–Kier alpha value is -1.71. The largest absolute Gasteiger partial charge is 0.414 e. The van der Waals surface area contributed by atoms with E-state index in [4.69, 9.17) is 9.88 Å². The summed E-state index contributed by atoms with van der Waals surface area (Å²) in [6.07, 6.45) is -0.518. The molecule has 0 unspecified atom stereocenters. The summed E-state index contributed by atoms with van der Waals surface area (Å²) >= 11 is 0.925. The lowest BCUT2D eigenvalue weighted by atomic mass is 10.3. The van der Waals surface area contributed by atoms with E-state index in [1.165, 1.54) is 11.0 Å². The van der Waals surface area contributed by atoms with Gasteiger partial charge in [-0.3, -0.25) is 0 Å². The zero-order chi connectivity index (χ0) is 14.2. The molecule has 0 aliphatic heterocycles. The number of carbonyl (C=O) groups is 1. The number of hydrogen-bond donors (Lipinski definition) is 1. The van der Waals surface area contributed by atoms with Crippen LogP contribution >= 0.6 is 11.3 Å². The Kier molecular flexibility index (Phi) is 3.43. The molecule has 0 saturated carbocycles. The van der Waals surface area contributed by atoms with E-state index in [0.717, 1.165) is 11.3 Å². The molecule has 2 aromatic rings. The lowest BCUT2D eigenvalue weighted by molar-refractivity contribution is 0.172. The quantitative estimate of drug-likeness (QED) is 0.891. The van der Waals surface area contributed by atoms with Crippen molar-refractivity contribution in [2.24, 2.45) is 5.14 Å². The Bertz CT molecular complexity index is 736. The minimum absolute atomic E-state index is 0.168. The van der Waals surface area contributed by atoms with E-state index in [1.807, 2.05) is 0 Å². The number of carbonyl (C=O) groups excluding carboxylic acids is 1. The number of fused-ring (bicyclic) bond motifs is 1. The van der Waals surface area contributed by atoms with Gasteiger partial charge < -0.3 is 9.64 Å². The monoisotopic (exact) mass is 301 g/mol. The molecule has 102 valence electrons. The maximum atomic E-state index is 11.4. The number of rotatable bonds is 2. The van der Waals surface area contributed by atoms with Crippen LogP contribution < -0.4 is 9.88 Å². The summed E-state index contributed by atoms with van der Waals surface area (Å²) < 4.78 is 27.8. The molecule has 2 N–H and O–H groups in total. The smallest absolute Gasteiger partial charge is 0.410 e.